The first-order valence-electron chi connectivity index (χ1n) is 7.51. The van der Waals surface area contributed by atoms with E-state index in [0.717, 1.165) is 11.3 Å². The highest BCUT2D eigenvalue weighted by atomic mass is 35.5. The topological polar surface area (TPSA) is 50.4 Å². The lowest BCUT2D eigenvalue weighted by atomic mass is 10.1. The van der Waals surface area contributed by atoms with E-state index in [1.165, 1.54) is 0 Å². The van der Waals surface area contributed by atoms with Gasteiger partial charge in [-0.1, -0.05) is 36.7 Å². The maximum Gasteiger partial charge on any atom is 0.228 e. The Kier molecular flexibility index (Phi) is 6.44. The monoisotopic (exact) mass is 332 g/mol. The van der Waals surface area contributed by atoms with Gasteiger partial charge in [0.15, 0.2) is 0 Å². The number of rotatable bonds is 7. The zero-order chi connectivity index (χ0) is 16.7. The van der Waals surface area contributed by atoms with Crippen LogP contribution in [-0.4, -0.2) is 19.5 Å². The largest absolute Gasteiger partial charge is 0.489 e. The molecule has 0 heterocycles. The molecule has 5 heteroatoms. The second kappa shape index (κ2) is 8.56. The van der Waals surface area contributed by atoms with E-state index in [2.05, 4.69) is 10.6 Å². The fourth-order valence-corrected chi connectivity index (χ4v) is 2.20. The molecule has 1 amide bonds. The van der Waals surface area contributed by atoms with Gasteiger partial charge in [-0.2, -0.15) is 0 Å². The molecule has 2 aromatic rings. The van der Waals surface area contributed by atoms with Gasteiger partial charge in [0.1, 0.15) is 12.4 Å². The van der Waals surface area contributed by atoms with Crippen molar-refractivity contribution in [1.82, 2.24) is 5.32 Å². The number of halogens is 1. The van der Waals surface area contributed by atoms with Crippen LogP contribution in [0.5, 0.6) is 5.75 Å². The van der Waals surface area contributed by atoms with E-state index in [0.29, 0.717) is 23.9 Å². The summed E-state index contributed by atoms with van der Waals surface area (Å²) >= 11 is 5.86. The minimum Gasteiger partial charge on any atom is -0.489 e. The standard InChI is InChI=1S/C18H21ClN2O2/c1-13(11-20-2)18(22)21-16-4-3-5-17(10-16)23-12-14-6-8-15(19)9-7-14/h3-10,13,20H,11-12H2,1-2H3,(H,21,22). The molecule has 0 spiro atoms. The molecule has 122 valence electrons. The summed E-state index contributed by atoms with van der Waals surface area (Å²) in [6.45, 7) is 2.97. The highest BCUT2D eigenvalue weighted by Gasteiger charge is 2.12. The lowest BCUT2D eigenvalue weighted by Crippen LogP contribution is -2.28. The Morgan fingerprint density at radius 1 is 1.22 bits per heavy atom. The number of ether oxygens (including phenoxy) is 1. The number of carbonyl (C=O) groups excluding carboxylic acids is 1. The van der Waals surface area contributed by atoms with Crippen LogP contribution < -0.4 is 15.4 Å². The van der Waals surface area contributed by atoms with Crippen LogP contribution >= 0.6 is 11.6 Å². The Labute approximate surface area is 141 Å². The molecule has 0 aliphatic heterocycles. The first-order valence-corrected chi connectivity index (χ1v) is 7.89. The zero-order valence-corrected chi connectivity index (χ0v) is 14.1. The van der Waals surface area contributed by atoms with Crippen LogP contribution in [0.1, 0.15) is 12.5 Å². The highest BCUT2D eigenvalue weighted by molar-refractivity contribution is 6.30. The molecule has 2 N–H and O–H groups in total. The fourth-order valence-electron chi connectivity index (χ4n) is 2.08. The molecule has 0 saturated heterocycles. The lowest BCUT2D eigenvalue weighted by Gasteiger charge is -2.13. The van der Waals surface area contributed by atoms with Gasteiger partial charge in [0.2, 0.25) is 5.91 Å². The van der Waals surface area contributed by atoms with Crippen molar-refractivity contribution >= 4 is 23.2 Å². The van der Waals surface area contributed by atoms with Gasteiger partial charge >= 0.3 is 0 Å². The van der Waals surface area contributed by atoms with Crippen molar-refractivity contribution < 1.29 is 9.53 Å². The molecule has 0 aromatic heterocycles. The van der Waals surface area contributed by atoms with Gasteiger partial charge in [-0.3, -0.25) is 4.79 Å². The number of hydrogen-bond donors (Lipinski definition) is 2. The average molecular weight is 333 g/mol. The van der Waals surface area contributed by atoms with E-state index in [4.69, 9.17) is 16.3 Å². The van der Waals surface area contributed by atoms with Gasteiger partial charge in [-0.25, -0.2) is 0 Å². The summed E-state index contributed by atoms with van der Waals surface area (Å²) in [5.41, 5.74) is 1.76. The molecule has 0 saturated carbocycles. The van der Waals surface area contributed by atoms with Gasteiger partial charge < -0.3 is 15.4 Å². The SMILES string of the molecule is CNCC(C)C(=O)Nc1cccc(OCc2ccc(Cl)cc2)c1. The smallest absolute Gasteiger partial charge is 0.228 e. The fraction of sp³-hybridized carbons (Fsp3) is 0.278. The third kappa shape index (κ3) is 5.58. The van der Waals surface area contributed by atoms with Crippen molar-refractivity contribution in [1.29, 1.82) is 0 Å². The quantitative estimate of drug-likeness (QED) is 0.812. The number of hydrogen-bond acceptors (Lipinski definition) is 3. The van der Waals surface area contributed by atoms with Crippen LogP contribution in [0.15, 0.2) is 48.5 Å². The first kappa shape index (κ1) is 17.3. The summed E-state index contributed by atoms with van der Waals surface area (Å²) in [6.07, 6.45) is 0. The molecule has 0 fully saturated rings. The van der Waals surface area contributed by atoms with Crippen LogP contribution in [-0.2, 0) is 11.4 Å². The Bertz CT molecular complexity index is 644. The number of nitrogens with one attached hydrogen (secondary N) is 2. The molecule has 2 aromatic carbocycles. The second-order valence-electron chi connectivity index (χ2n) is 5.39. The molecule has 23 heavy (non-hydrogen) atoms. The van der Waals surface area contributed by atoms with Crippen molar-refractivity contribution in [2.45, 2.75) is 13.5 Å². The maximum absolute atomic E-state index is 12.0. The molecule has 4 nitrogen and oxygen atoms in total. The van der Waals surface area contributed by atoms with E-state index < -0.39 is 0 Å². The number of anilines is 1. The summed E-state index contributed by atoms with van der Waals surface area (Å²) in [5, 5.41) is 6.59. The Morgan fingerprint density at radius 3 is 2.65 bits per heavy atom. The normalized spacial score (nSPS) is 11.8. The van der Waals surface area contributed by atoms with E-state index >= 15 is 0 Å². The van der Waals surface area contributed by atoms with Crippen LogP contribution in [0, 0.1) is 5.92 Å². The van der Waals surface area contributed by atoms with Gasteiger partial charge in [0.05, 0.1) is 0 Å². The summed E-state index contributed by atoms with van der Waals surface area (Å²) in [7, 11) is 1.83. The Morgan fingerprint density at radius 2 is 1.96 bits per heavy atom. The maximum atomic E-state index is 12.0. The molecule has 0 radical (unpaired) electrons. The predicted molar refractivity (Wildman–Crippen MR) is 93.9 cm³/mol. The van der Waals surface area contributed by atoms with Crippen molar-refractivity contribution in [3.63, 3.8) is 0 Å². The van der Waals surface area contributed by atoms with Crippen molar-refractivity contribution in [2.75, 3.05) is 18.9 Å². The minimum absolute atomic E-state index is 0.0193. The molecular weight excluding hydrogens is 312 g/mol. The summed E-state index contributed by atoms with van der Waals surface area (Å²) in [5.74, 6) is 0.590. The van der Waals surface area contributed by atoms with E-state index in [9.17, 15) is 4.79 Å². The number of benzene rings is 2. The predicted octanol–water partition coefficient (Wildman–Crippen LogP) is 3.71. The average Bonchev–Trinajstić information content (AvgIpc) is 2.55. The summed E-state index contributed by atoms with van der Waals surface area (Å²) in [4.78, 5) is 12.0. The Balaban J connectivity index is 1.94. The molecule has 0 aliphatic carbocycles. The van der Waals surface area contributed by atoms with Gasteiger partial charge in [0.25, 0.3) is 0 Å². The van der Waals surface area contributed by atoms with Crippen LogP contribution in [0.3, 0.4) is 0 Å². The summed E-state index contributed by atoms with van der Waals surface area (Å²) in [6, 6.07) is 14.9. The molecule has 0 aliphatic rings. The van der Waals surface area contributed by atoms with E-state index in [1.54, 1.807) is 0 Å². The van der Waals surface area contributed by atoms with Crippen LogP contribution in [0.25, 0.3) is 0 Å². The second-order valence-corrected chi connectivity index (χ2v) is 5.83. The molecule has 1 atom stereocenters. The van der Waals surface area contributed by atoms with Crippen LogP contribution in [0.4, 0.5) is 5.69 Å². The van der Waals surface area contributed by atoms with Gasteiger partial charge in [0, 0.05) is 29.2 Å². The molecule has 1 unspecified atom stereocenters. The Hall–Kier alpha value is -2.04. The third-order valence-electron chi connectivity index (χ3n) is 3.38. The molecule has 2 rings (SSSR count). The minimum atomic E-state index is -0.0985. The zero-order valence-electron chi connectivity index (χ0n) is 13.3. The lowest BCUT2D eigenvalue weighted by molar-refractivity contribution is -0.119. The highest BCUT2D eigenvalue weighted by Crippen LogP contribution is 2.19. The molecular formula is C18H21ClN2O2. The van der Waals surface area contributed by atoms with E-state index in [-0.39, 0.29) is 11.8 Å². The van der Waals surface area contributed by atoms with Crippen LogP contribution in [0.2, 0.25) is 5.02 Å². The first-order chi connectivity index (χ1) is 11.1. The van der Waals surface area contributed by atoms with Crippen molar-refractivity contribution in [3.05, 3.63) is 59.1 Å². The van der Waals surface area contributed by atoms with E-state index in [1.807, 2.05) is 62.5 Å². The van der Waals surface area contributed by atoms with Gasteiger partial charge in [-0.15, -0.1) is 0 Å². The van der Waals surface area contributed by atoms with Crippen molar-refractivity contribution in [2.24, 2.45) is 5.92 Å². The third-order valence-corrected chi connectivity index (χ3v) is 3.63. The number of amides is 1. The number of carbonyl (C=O) groups is 1. The van der Waals surface area contributed by atoms with Gasteiger partial charge in [-0.05, 0) is 36.9 Å². The summed E-state index contributed by atoms with van der Waals surface area (Å²) < 4.78 is 5.76. The van der Waals surface area contributed by atoms with Crippen molar-refractivity contribution in [3.8, 4) is 5.75 Å². The molecule has 0 bridgehead atoms.